The fourth-order valence-electron chi connectivity index (χ4n) is 3.04. The molecule has 1 aromatic carbocycles. The molecule has 0 saturated heterocycles. The van der Waals surface area contributed by atoms with Crippen molar-refractivity contribution in [2.24, 2.45) is 5.73 Å². The highest BCUT2D eigenvalue weighted by Crippen LogP contribution is 2.26. The summed E-state index contributed by atoms with van der Waals surface area (Å²) in [7, 11) is 0. The van der Waals surface area contributed by atoms with Gasteiger partial charge in [0.1, 0.15) is 5.82 Å². The minimum absolute atomic E-state index is 0. The monoisotopic (exact) mass is 388 g/mol. The zero-order valence-corrected chi connectivity index (χ0v) is 15.4. The second-order valence-corrected chi connectivity index (χ2v) is 6.16. The molecule has 0 unspecified atom stereocenters. The molecule has 0 spiro atoms. The van der Waals surface area contributed by atoms with Crippen LogP contribution in [0.3, 0.4) is 0 Å². The lowest BCUT2D eigenvalue weighted by molar-refractivity contribution is -0.127. The molecule has 5 nitrogen and oxygen atoms in total. The number of carbonyl (C=O) groups excluding carboxylic acids is 1. The van der Waals surface area contributed by atoms with Gasteiger partial charge in [0.2, 0.25) is 5.91 Å². The number of rotatable bonds is 4. The summed E-state index contributed by atoms with van der Waals surface area (Å²) < 4.78 is 15.8. The number of benzene rings is 1. The van der Waals surface area contributed by atoms with Crippen LogP contribution >= 0.6 is 24.8 Å². The van der Waals surface area contributed by atoms with E-state index >= 15 is 0 Å². The number of carbonyl (C=O) groups is 1. The molecule has 8 heteroatoms. The van der Waals surface area contributed by atoms with Gasteiger partial charge in [0.25, 0.3) is 0 Å². The summed E-state index contributed by atoms with van der Waals surface area (Å²) in [6.07, 6.45) is 9.35. The maximum atomic E-state index is 14.2. The number of nitrogens with two attached hydrogens (primary N) is 1. The topological polar surface area (TPSA) is 72.9 Å². The first-order valence-corrected chi connectivity index (χ1v) is 7.92. The third-order valence-corrected chi connectivity index (χ3v) is 4.45. The molecular formula is C17H23Cl2FN4O. The number of hydrogen-bond donors (Lipinski definition) is 2. The van der Waals surface area contributed by atoms with Gasteiger partial charge in [-0.1, -0.05) is 25.3 Å². The number of nitrogens with zero attached hydrogens (tertiary/aromatic N) is 2. The Labute approximate surface area is 159 Å². The van der Waals surface area contributed by atoms with Gasteiger partial charge in [-0.3, -0.25) is 4.79 Å². The Hall–Kier alpha value is -1.63. The largest absolute Gasteiger partial charge is 0.350 e. The van der Waals surface area contributed by atoms with Crippen molar-refractivity contribution in [2.75, 3.05) is 0 Å². The minimum Gasteiger partial charge on any atom is -0.350 e. The van der Waals surface area contributed by atoms with Crippen LogP contribution in [0.15, 0.2) is 36.9 Å². The molecule has 1 saturated carbocycles. The van der Waals surface area contributed by atoms with Crippen LogP contribution in [-0.4, -0.2) is 21.0 Å². The Balaban J connectivity index is 0.00000156. The van der Waals surface area contributed by atoms with Crippen LogP contribution in [0.1, 0.15) is 37.7 Å². The molecule has 138 valence electrons. The smallest absolute Gasteiger partial charge is 0.240 e. The predicted molar refractivity (Wildman–Crippen MR) is 99.9 cm³/mol. The molecule has 0 atom stereocenters. The minimum atomic E-state index is -0.770. The number of amides is 1. The van der Waals surface area contributed by atoms with Gasteiger partial charge in [-0.05, 0) is 30.5 Å². The van der Waals surface area contributed by atoms with E-state index in [-0.39, 0.29) is 43.1 Å². The van der Waals surface area contributed by atoms with Crippen molar-refractivity contribution in [3.05, 3.63) is 48.3 Å². The van der Waals surface area contributed by atoms with Gasteiger partial charge in [0.15, 0.2) is 0 Å². The Morgan fingerprint density at radius 2 is 2.00 bits per heavy atom. The standard InChI is InChI=1S/C17H21FN4O.2ClH/c18-14-10-13(4-5-15(14)22-9-8-20-12-22)11-21-16(23)17(19)6-2-1-3-7-17;;/h4-5,8-10,12H,1-3,6-7,11,19H2,(H,21,23);2*1H. The molecule has 1 amide bonds. The van der Waals surface area contributed by atoms with E-state index in [9.17, 15) is 9.18 Å². The molecule has 1 aliphatic carbocycles. The lowest BCUT2D eigenvalue weighted by Gasteiger charge is -2.31. The molecule has 0 radical (unpaired) electrons. The molecule has 1 aromatic heterocycles. The Morgan fingerprint density at radius 1 is 1.28 bits per heavy atom. The average molecular weight is 389 g/mol. The molecule has 0 aliphatic heterocycles. The van der Waals surface area contributed by atoms with E-state index in [2.05, 4.69) is 10.3 Å². The van der Waals surface area contributed by atoms with Gasteiger partial charge in [-0.25, -0.2) is 9.37 Å². The fraction of sp³-hybridized carbons (Fsp3) is 0.412. The second kappa shape index (κ2) is 9.17. The zero-order valence-electron chi connectivity index (χ0n) is 13.8. The molecule has 0 bridgehead atoms. The number of imidazole rings is 1. The lowest BCUT2D eigenvalue weighted by atomic mass is 9.82. The number of nitrogens with one attached hydrogen (secondary N) is 1. The summed E-state index contributed by atoms with van der Waals surface area (Å²) >= 11 is 0. The molecular weight excluding hydrogens is 366 g/mol. The molecule has 1 aliphatic rings. The van der Waals surface area contributed by atoms with Crippen LogP contribution in [0.25, 0.3) is 5.69 Å². The van der Waals surface area contributed by atoms with Gasteiger partial charge >= 0.3 is 0 Å². The maximum absolute atomic E-state index is 14.2. The van der Waals surface area contributed by atoms with E-state index < -0.39 is 5.54 Å². The number of halogens is 3. The summed E-state index contributed by atoms with van der Waals surface area (Å²) in [6, 6.07) is 4.90. The number of hydrogen-bond acceptors (Lipinski definition) is 3. The molecule has 25 heavy (non-hydrogen) atoms. The van der Waals surface area contributed by atoms with Gasteiger partial charge < -0.3 is 15.6 Å². The predicted octanol–water partition coefficient (Wildman–Crippen LogP) is 3.13. The van der Waals surface area contributed by atoms with Gasteiger partial charge in [0.05, 0.1) is 17.6 Å². The van der Waals surface area contributed by atoms with Crippen molar-refractivity contribution in [1.29, 1.82) is 0 Å². The molecule has 3 N–H and O–H groups in total. The van der Waals surface area contributed by atoms with E-state index in [1.165, 1.54) is 6.07 Å². The van der Waals surface area contributed by atoms with Crippen molar-refractivity contribution in [3.63, 3.8) is 0 Å². The van der Waals surface area contributed by atoms with Crippen molar-refractivity contribution in [3.8, 4) is 5.69 Å². The Morgan fingerprint density at radius 3 is 2.60 bits per heavy atom. The van der Waals surface area contributed by atoms with Crippen LogP contribution in [0.2, 0.25) is 0 Å². The van der Waals surface area contributed by atoms with E-state index in [1.54, 1.807) is 35.4 Å². The first-order valence-electron chi connectivity index (χ1n) is 7.92. The average Bonchev–Trinajstić information content (AvgIpc) is 3.07. The molecule has 1 heterocycles. The van der Waals surface area contributed by atoms with Crippen LogP contribution in [0, 0.1) is 5.82 Å². The van der Waals surface area contributed by atoms with Crippen LogP contribution in [0.5, 0.6) is 0 Å². The van der Waals surface area contributed by atoms with E-state index in [0.717, 1.165) is 19.3 Å². The zero-order chi connectivity index (χ0) is 16.3. The Kier molecular flexibility index (Phi) is 7.86. The van der Waals surface area contributed by atoms with Crippen LogP contribution in [0.4, 0.5) is 4.39 Å². The highest BCUT2D eigenvalue weighted by Gasteiger charge is 2.34. The summed E-state index contributed by atoms with van der Waals surface area (Å²) in [5.74, 6) is -0.494. The van der Waals surface area contributed by atoms with Gasteiger partial charge in [-0.15, -0.1) is 24.8 Å². The van der Waals surface area contributed by atoms with E-state index in [4.69, 9.17) is 5.73 Å². The van der Waals surface area contributed by atoms with Crippen molar-refractivity contribution in [1.82, 2.24) is 14.9 Å². The van der Waals surface area contributed by atoms with Gasteiger partial charge in [0, 0.05) is 18.9 Å². The van der Waals surface area contributed by atoms with Crippen molar-refractivity contribution in [2.45, 2.75) is 44.2 Å². The van der Waals surface area contributed by atoms with Crippen LogP contribution in [-0.2, 0) is 11.3 Å². The van der Waals surface area contributed by atoms with E-state index in [1.807, 2.05) is 0 Å². The summed E-state index contributed by atoms with van der Waals surface area (Å²) in [4.78, 5) is 16.2. The molecule has 2 aromatic rings. The summed E-state index contributed by atoms with van der Waals surface area (Å²) in [5, 5.41) is 2.84. The van der Waals surface area contributed by atoms with Crippen LogP contribution < -0.4 is 11.1 Å². The fourth-order valence-corrected chi connectivity index (χ4v) is 3.04. The van der Waals surface area contributed by atoms with Crippen molar-refractivity contribution < 1.29 is 9.18 Å². The lowest BCUT2D eigenvalue weighted by Crippen LogP contribution is -2.54. The Bertz CT molecular complexity index is 688. The SMILES string of the molecule is Cl.Cl.NC1(C(=O)NCc2ccc(-n3ccnc3)c(F)c2)CCCCC1. The molecule has 1 fully saturated rings. The normalized spacial score (nSPS) is 15.6. The first-order chi connectivity index (χ1) is 11.1. The van der Waals surface area contributed by atoms with E-state index in [0.29, 0.717) is 24.1 Å². The highest BCUT2D eigenvalue weighted by molar-refractivity contribution is 5.86. The quantitative estimate of drug-likeness (QED) is 0.844. The highest BCUT2D eigenvalue weighted by atomic mass is 35.5. The summed E-state index contributed by atoms with van der Waals surface area (Å²) in [5.41, 5.74) is 6.56. The van der Waals surface area contributed by atoms with Gasteiger partial charge in [-0.2, -0.15) is 0 Å². The third kappa shape index (κ3) is 4.93. The first kappa shape index (κ1) is 21.4. The maximum Gasteiger partial charge on any atom is 0.240 e. The summed E-state index contributed by atoms with van der Waals surface area (Å²) in [6.45, 7) is 0.277. The second-order valence-electron chi connectivity index (χ2n) is 6.16. The van der Waals surface area contributed by atoms with Crippen molar-refractivity contribution >= 4 is 30.7 Å². The third-order valence-electron chi connectivity index (χ3n) is 4.45. The molecule has 3 rings (SSSR count). The number of aromatic nitrogens is 2.